The minimum Gasteiger partial charge on any atom is -0.375 e. The molecule has 1 aromatic heterocycles. The maximum Gasteiger partial charge on any atom is 0.0940 e. The van der Waals surface area contributed by atoms with E-state index in [-0.39, 0.29) is 0 Å². The molecule has 0 saturated carbocycles. The Bertz CT molecular complexity index is 354. The lowest BCUT2D eigenvalue weighted by Gasteiger charge is -2.28. The van der Waals surface area contributed by atoms with Crippen molar-refractivity contribution in [3.05, 3.63) is 16.6 Å². The second-order valence-corrected chi connectivity index (χ2v) is 6.05. The highest BCUT2D eigenvalue weighted by molar-refractivity contribution is 7.09. The summed E-state index contributed by atoms with van der Waals surface area (Å²) in [5.74, 6) is 0.692. The zero-order valence-electron chi connectivity index (χ0n) is 10.3. The van der Waals surface area contributed by atoms with E-state index in [0.717, 1.165) is 13.0 Å². The number of ether oxygens (including phenoxy) is 1. The molecule has 17 heavy (non-hydrogen) atoms. The molecule has 3 rings (SSSR count). The number of rotatable bonds is 5. The van der Waals surface area contributed by atoms with Crippen LogP contribution in [0.1, 0.15) is 31.2 Å². The molecule has 94 valence electrons. The van der Waals surface area contributed by atoms with E-state index in [9.17, 15) is 0 Å². The lowest BCUT2D eigenvalue weighted by Crippen LogP contribution is -2.42. The average molecular weight is 252 g/mol. The number of hydrogen-bond acceptors (Lipinski definition) is 4. The Hall–Kier alpha value is -0.450. The number of nitrogens with zero attached hydrogens (tertiary/aromatic N) is 1. The standard InChI is InChI=1S/C13H20N2OS/c1-2-14-11(8-13-15-5-6-17-13)10-7-9-3-4-12(10)16-9/h5-6,9-12,14H,2-4,7-8H2,1H3. The van der Waals surface area contributed by atoms with Gasteiger partial charge in [0.15, 0.2) is 0 Å². The molecule has 0 amide bonds. The fourth-order valence-electron chi connectivity index (χ4n) is 3.28. The molecule has 0 spiro atoms. The molecular formula is C13H20N2OS. The zero-order chi connectivity index (χ0) is 11.7. The normalized spacial score (nSPS) is 33.1. The smallest absolute Gasteiger partial charge is 0.0940 e. The van der Waals surface area contributed by atoms with Crippen molar-refractivity contribution < 1.29 is 4.74 Å². The second-order valence-electron chi connectivity index (χ2n) is 5.07. The van der Waals surface area contributed by atoms with Crippen molar-refractivity contribution >= 4 is 11.3 Å². The van der Waals surface area contributed by atoms with Gasteiger partial charge in [-0.3, -0.25) is 0 Å². The summed E-state index contributed by atoms with van der Waals surface area (Å²) >= 11 is 1.76. The van der Waals surface area contributed by atoms with Gasteiger partial charge in [0.2, 0.25) is 0 Å². The molecule has 1 N–H and O–H groups in total. The second kappa shape index (κ2) is 5.04. The fraction of sp³-hybridized carbons (Fsp3) is 0.769. The van der Waals surface area contributed by atoms with Crippen molar-refractivity contribution in [3.8, 4) is 0 Å². The molecule has 2 saturated heterocycles. The maximum atomic E-state index is 5.97. The Morgan fingerprint density at radius 3 is 3.12 bits per heavy atom. The molecule has 3 heterocycles. The minimum atomic E-state index is 0.504. The summed E-state index contributed by atoms with van der Waals surface area (Å²) in [6.07, 6.45) is 7.79. The van der Waals surface area contributed by atoms with Gasteiger partial charge in [-0.15, -0.1) is 11.3 Å². The van der Waals surface area contributed by atoms with E-state index in [1.54, 1.807) is 11.3 Å². The summed E-state index contributed by atoms with van der Waals surface area (Å²) in [4.78, 5) is 4.41. The molecule has 4 heteroatoms. The largest absolute Gasteiger partial charge is 0.375 e. The van der Waals surface area contributed by atoms with E-state index in [0.29, 0.717) is 24.2 Å². The van der Waals surface area contributed by atoms with Gasteiger partial charge in [-0.05, 0) is 25.8 Å². The number of aromatic nitrogens is 1. The highest BCUT2D eigenvalue weighted by Crippen LogP contribution is 2.41. The molecule has 3 nitrogen and oxygen atoms in total. The van der Waals surface area contributed by atoms with Gasteiger partial charge in [-0.25, -0.2) is 4.98 Å². The lowest BCUT2D eigenvalue weighted by atomic mass is 9.82. The van der Waals surface area contributed by atoms with Crippen LogP contribution < -0.4 is 5.32 Å². The monoisotopic (exact) mass is 252 g/mol. The third-order valence-electron chi connectivity index (χ3n) is 4.01. The Morgan fingerprint density at radius 2 is 2.53 bits per heavy atom. The van der Waals surface area contributed by atoms with Gasteiger partial charge in [-0.1, -0.05) is 6.92 Å². The van der Waals surface area contributed by atoms with Gasteiger partial charge in [0.1, 0.15) is 0 Å². The third kappa shape index (κ3) is 2.39. The van der Waals surface area contributed by atoms with Gasteiger partial charge in [0.05, 0.1) is 17.2 Å². The Labute approximate surface area is 107 Å². The Morgan fingerprint density at radius 1 is 1.59 bits per heavy atom. The molecule has 0 aromatic carbocycles. The number of thiazole rings is 1. The van der Waals surface area contributed by atoms with Crippen molar-refractivity contribution in [2.75, 3.05) is 6.54 Å². The van der Waals surface area contributed by atoms with E-state index in [4.69, 9.17) is 4.74 Å². The van der Waals surface area contributed by atoms with Crippen LogP contribution in [0.2, 0.25) is 0 Å². The van der Waals surface area contributed by atoms with E-state index in [2.05, 4.69) is 22.6 Å². The van der Waals surface area contributed by atoms with Gasteiger partial charge in [0, 0.05) is 30.0 Å². The topological polar surface area (TPSA) is 34.2 Å². The SMILES string of the molecule is CCNC(Cc1nccs1)C1CC2CCC1O2. The quantitative estimate of drug-likeness (QED) is 0.872. The van der Waals surface area contributed by atoms with E-state index in [1.165, 1.54) is 24.3 Å². The van der Waals surface area contributed by atoms with Crippen molar-refractivity contribution in [2.45, 2.75) is 50.9 Å². The van der Waals surface area contributed by atoms with Crippen molar-refractivity contribution in [1.29, 1.82) is 0 Å². The van der Waals surface area contributed by atoms with Crippen LogP contribution >= 0.6 is 11.3 Å². The van der Waals surface area contributed by atoms with Crippen LogP contribution in [0.15, 0.2) is 11.6 Å². The van der Waals surface area contributed by atoms with Crippen molar-refractivity contribution in [1.82, 2.24) is 10.3 Å². The highest BCUT2D eigenvalue weighted by atomic mass is 32.1. The molecule has 1 aromatic rings. The predicted molar refractivity (Wildman–Crippen MR) is 69.3 cm³/mol. The van der Waals surface area contributed by atoms with Crippen LogP contribution in [0, 0.1) is 5.92 Å². The van der Waals surface area contributed by atoms with Gasteiger partial charge >= 0.3 is 0 Å². The van der Waals surface area contributed by atoms with Crippen LogP contribution in [-0.2, 0) is 11.2 Å². The van der Waals surface area contributed by atoms with E-state index < -0.39 is 0 Å². The summed E-state index contributed by atoms with van der Waals surface area (Å²) in [6, 6.07) is 0.543. The van der Waals surface area contributed by atoms with Crippen LogP contribution in [0.3, 0.4) is 0 Å². The summed E-state index contributed by atoms with van der Waals surface area (Å²) in [7, 11) is 0. The number of nitrogens with one attached hydrogen (secondary N) is 1. The molecular weight excluding hydrogens is 232 g/mol. The molecule has 0 aliphatic carbocycles. The first-order chi connectivity index (χ1) is 8.36. The zero-order valence-corrected chi connectivity index (χ0v) is 11.1. The molecule has 2 bridgehead atoms. The minimum absolute atomic E-state index is 0.504. The molecule has 2 fully saturated rings. The van der Waals surface area contributed by atoms with Crippen molar-refractivity contribution in [3.63, 3.8) is 0 Å². The molecule has 2 aliphatic heterocycles. The molecule has 0 radical (unpaired) electrons. The predicted octanol–water partition coefficient (Wildman–Crippen LogP) is 2.23. The number of hydrogen-bond donors (Lipinski definition) is 1. The van der Waals surface area contributed by atoms with Crippen LogP contribution in [0.5, 0.6) is 0 Å². The van der Waals surface area contributed by atoms with Gasteiger partial charge in [0.25, 0.3) is 0 Å². The Balaban J connectivity index is 1.67. The van der Waals surface area contributed by atoms with Crippen molar-refractivity contribution in [2.24, 2.45) is 5.92 Å². The molecule has 4 atom stereocenters. The Kier molecular flexibility index (Phi) is 3.45. The molecule has 4 unspecified atom stereocenters. The van der Waals surface area contributed by atoms with E-state index >= 15 is 0 Å². The van der Waals surface area contributed by atoms with Gasteiger partial charge < -0.3 is 10.1 Å². The summed E-state index contributed by atoms with van der Waals surface area (Å²) in [5, 5.41) is 6.95. The average Bonchev–Trinajstić information content (AvgIpc) is 3.05. The van der Waals surface area contributed by atoms with Crippen LogP contribution in [-0.4, -0.2) is 29.8 Å². The fourth-order valence-corrected chi connectivity index (χ4v) is 3.96. The maximum absolute atomic E-state index is 5.97. The van der Waals surface area contributed by atoms with Crippen LogP contribution in [0.4, 0.5) is 0 Å². The first-order valence-corrected chi connectivity index (χ1v) is 7.52. The summed E-state index contributed by atoms with van der Waals surface area (Å²) in [6.45, 7) is 3.22. The lowest BCUT2D eigenvalue weighted by molar-refractivity contribution is 0.0858. The van der Waals surface area contributed by atoms with Gasteiger partial charge in [-0.2, -0.15) is 0 Å². The number of fused-ring (bicyclic) bond motifs is 2. The number of likely N-dealkylation sites (N-methyl/N-ethyl adjacent to an activating group) is 1. The summed E-state index contributed by atoms with van der Waals surface area (Å²) in [5.41, 5.74) is 0. The first kappa shape index (κ1) is 11.6. The highest BCUT2D eigenvalue weighted by Gasteiger charge is 2.44. The molecule has 2 aliphatic rings. The van der Waals surface area contributed by atoms with E-state index in [1.807, 2.05) is 6.20 Å². The summed E-state index contributed by atoms with van der Waals surface area (Å²) < 4.78 is 5.97. The third-order valence-corrected chi connectivity index (χ3v) is 4.82. The van der Waals surface area contributed by atoms with Crippen LogP contribution in [0.25, 0.3) is 0 Å². The first-order valence-electron chi connectivity index (χ1n) is 6.64.